The number of nitrogens with one attached hydrogen (secondary N) is 3. The maximum atomic E-state index is 4.92. The van der Waals surface area contributed by atoms with Crippen molar-refractivity contribution in [3.63, 3.8) is 0 Å². The largest absolute Gasteiger partial charge is 0.344 e. The molecule has 178 valence electrons. The molecule has 5 aromatic heterocycles. The summed E-state index contributed by atoms with van der Waals surface area (Å²) in [6, 6.07) is 9.91. The lowest BCUT2D eigenvalue weighted by Crippen LogP contribution is -1.98. The van der Waals surface area contributed by atoms with Gasteiger partial charge in [0.05, 0.1) is 11.1 Å². The molecule has 5 heterocycles. The van der Waals surface area contributed by atoms with Crippen LogP contribution in [0.15, 0.2) is 86.1 Å². The first-order valence-corrected chi connectivity index (χ1v) is 11.6. The Morgan fingerprint density at radius 3 is 2.69 bits per heavy atom. The van der Waals surface area contributed by atoms with Gasteiger partial charge in [0, 0.05) is 58.4 Å². The third-order valence-corrected chi connectivity index (χ3v) is 5.87. The maximum Gasteiger partial charge on any atom is 0.181 e. The number of imidazole rings is 1. The van der Waals surface area contributed by atoms with Crippen LogP contribution in [0.3, 0.4) is 0 Å². The molecule has 0 atom stereocenters. The molecule has 8 heteroatoms. The first-order chi connectivity index (χ1) is 17.6. The van der Waals surface area contributed by atoms with E-state index in [1.165, 1.54) is 0 Å². The number of fused-ring (bicyclic) bond motifs is 1. The summed E-state index contributed by atoms with van der Waals surface area (Å²) in [5, 5.41) is 11.6. The lowest BCUT2D eigenvalue weighted by molar-refractivity contribution is 1.08. The van der Waals surface area contributed by atoms with Gasteiger partial charge >= 0.3 is 0 Å². The highest BCUT2D eigenvalue weighted by molar-refractivity contribution is 5.92. The van der Waals surface area contributed by atoms with Crippen LogP contribution in [0.4, 0.5) is 5.82 Å². The normalized spacial score (nSPS) is 11.6. The number of hydrogen-bond acceptors (Lipinski definition) is 6. The molecule has 0 amide bonds. The molecule has 8 nitrogen and oxygen atoms in total. The fourth-order valence-corrected chi connectivity index (χ4v) is 3.94. The number of aryl methyl sites for hydroxylation is 1. The minimum Gasteiger partial charge on any atom is -0.344 e. The number of nitrogens with zero attached hydrogens (tertiary/aromatic N) is 5. The molecule has 5 rings (SSSR count). The summed E-state index contributed by atoms with van der Waals surface area (Å²) in [4.78, 5) is 21.6. The van der Waals surface area contributed by atoms with Gasteiger partial charge in [0.2, 0.25) is 0 Å². The zero-order chi connectivity index (χ0) is 25.1. The fourth-order valence-electron chi connectivity index (χ4n) is 3.94. The number of anilines is 1. The molecule has 0 fully saturated rings. The van der Waals surface area contributed by atoms with Crippen molar-refractivity contribution < 1.29 is 0 Å². The Morgan fingerprint density at radius 2 is 1.97 bits per heavy atom. The molecule has 0 unspecified atom stereocenters. The monoisotopic (exact) mass is 474 g/mol. The molecule has 0 aliphatic carbocycles. The van der Waals surface area contributed by atoms with Crippen molar-refractivity contribution >= 4 is 22.4 Å². The number of rotatable bonds is 8. The summed E-state index contributed by atoms with van der Waals surface area (Å²) in [5.41, 5.74) is 7.84. The molecule has 0 spiro atoms. The summed E-state index contributed by atoms with van der Waals surface area (Å²) in [5.74, 6) is 1.44. The minimum absolute atomic E-state index is 0.615. The number of aromatic nitrogens is 7. The van der Waals surface area contributed by atoms with E-state index < -0.39 is 0 Å². The van der Waals surface area contributed by atoms with Gasteiger partial charge in [-0.2, -0.15) is 5.10 Å². The van der Waals surface area contributed by atoms with Crippen LogP contribution in [0.2, 0.25) is 0 Å². The summed E-state index contributed by atoms with van der Waals surface area (Å²) >= 11 is 0. The van der Waals surface area contributed by atoms with Crippen molar-refractivity contribution in [2.24, 2.45) is 0 Å². The van der Waals surface area contributed by atoms with Gasteiger partial charge in [-0.1, -0.05) is 38.3 Å². The van der Waals surface area contributed by atoms with Gasteiger partial charge in [0.25, 0.3) is 0 Å². The Labute approximate surface area is 209 Å². The Morgan fingerprint density at radius 1 is 1.11 bits per heavy atom. The average molecular weight is 475 g/mol. The van der Waals surface area contributed by atoms with Gasteiger partial charge in [-0.25, -0.2) is 15.0 Å². The molecule has 0 saturated carbocycles. The van der Waals surface area contributed by atoms with Crippen LogP contribution in [0.5, 0.6) is 0 Å². The SMILES string of the molecule is C=C/C=C(/c1cccnc1)c1nc(-c2[nH]nc3ncc(-c4ccc(NC(=C)CC)nc4)cc23)[nH]c1C. The predicted molar refractivity (Wildman–Crippen MR) is 144 cm³/mol. The van der Waals surface area contributed by atoms with Crippen LogP contribution in [-0.4, -0.2) is 35.1 Å². The zero-order valence-electron chi connectivity index (χ0n) is 20.2. The number of allylic oxidation sites excluding steroid dienone is 3. The number of hydrogen-bond donors (Lipinski definition) is 3. The lowest BCUT2D eigenvalue weighted by Gasteiger charge is -2.07. The van der Waals surface area contributed by atoms with Gasteiger partial charge < -0.3 is 10.3 Å². The van der Waals surface area contributed by atoms with Crippen molar-refractivity contribution in [3.8, 4) is 22.6 Å². The van der Waals surface area contributed by atoms with E-state index in [4.69, 9.17) is 4.98 Å². The van der Waals surface area contributed by atoms with Gasteiger partial charge in [0.15, 0.2) is 11.5 Å². The Hall–Kier alpha value is -4.85. The van der Waals surface area contributed by atoms with Crippen LogP contribution in [0, 0.1) is 6.92 Å². The van der Waals surface area contributed by atoms with Gasteiger partial charge in [-0.05, 0) is 37.6 Å². The number of pyridine rings is 3. The minimum atomic E-state index is 0.615. The van der Waals surface area contributed by atoms with Crippen molar-refractivity contribution in [3.05, 3.63) is 103 Å². The second kappa shape index (κ2) is 9.79. The summed E-state index contributed by atoms with van der Waals surface area (Å²) in [6.07, 6.45) is 11.7. The smallest absolute Gasteiger partial charge is 0.181 e. The van der Waals surface area contributed by atoms with Crippen LogP contribution in [0.1, 0.15) is 30.3 Å². The summed E-state index contributed by atoms with van der Waals surface area (Å²) in [6.45, 7) is 11.9. The van der Waals surface area contributed by atoms with E-state index in [0.29, 0.717) is 11.5 Å². The Kier molecular flexibility index (Phi) is 6.23. The van der Waals surface area contributed by atoms with Gasteiger partial charge in [-0.3, -0.25) is 10.1 Å². The molecular weight excluding hydrogens is 448 g/mol. The Bertz CT molecular complexity index is 1570. The molecule has 36 heavy (non-hydrogen) atoms. The van der Waals surface area contributed by atoms with Gasteiger partial charge in [-0.15, -0.1) is 0 Å². The first kappa shape index (κ1) is 22.9. The van der Waals surface area contributed by atoms with Crippen molar-refractivity contribution in [1.82, 2.24) is 35.1 Å². The molecule has 0 radical (unpaired) electrons. The fraction of sp³-hybridized carbons (Fsp3) is 0.107. The zero-order valence-corrected chi connectivity index (χ0v) is 20.2. The molecule has 5 aromatic rings. The molecule has 0 bridgehead atoms. The second-order valence-electron chi connectivity index (χ2n) is 8.32. The Balaban J connectivity index is 1.52. The van der Waals surface area contributed by atoms with E-state index in [1.54, 1.807) is 18.5 Å². The molecule has 0 aliphatic rings. The predicted octanol–water partition coefficient (Wildman–Crippen LogP) is 6.07. The topological polar surface area (TPSA) is 108 Å². The van der Waals surface area contributed by atoms with E-state index in [2.05, 4.69) is 54.7 Å². The lowest BCUT2D eigenvalue weighted by atomic mass is 10.0. The summed E-state index contributed by atoms with van der Waals surface area (Å²) < 4.78 is 0. The maximum absolute atomic E-state index is 4.92. The average Bonchev–Trinajstić information content (AvgIpc) is 3.51. The van der Waals surface area contributed by atoms with Crippen molar-refractivity contribution in [1.29, 1.82) is 0 Å². The number of aromatic amines is 2. The number of H-pyrrole nitrogens is 2. The van der Waals surface area contributed by atoms with Crippen LogP contribution >= 0.6 is 0 Å². The van der Waals surface area contributed by atoms with E-state index in [-0.39, 0.29) is 0 Å². The van der Waals surface area contributed by atoms with E-state index in [9.17, 15) is 0 Å². The third kappa shape index (κ3) is 4.44. The molecule has 0 aliphatic heterocycles. The van der Waals surface area contributed by atoms with Gasteiger partial charge in [0.1, 0.15) is 11.5 Å². The third-order valence-electron chi connectivity index (χ3n) is 5.87. The van der Waals surface area contributed by atoms with Crippen molar-refractivity contribution in [2.75, 3.05) is 5.32 Å². The highest BCUT2D eigenvalue weighted by Crippen LogP contribution is 2.31. The van der Waals surface area contributed by atoms with E-state index >= 15 is 0 Å². The molecule has 0 aromatic carbocycles. The highest BCUT2D eigenvalue weighted by Gasteiger charge is 2.18. The van der Waals surface area contributed by atoms with Crippen molar-refractivity contribution in [2.45, 2.75) is 20.3 Å². The van der Waals surface area contributed by atoms with E-state index in [1.807, 2.05) is 56.6 Å². The van der Waals surface area contributed by atoms with Crippen LogP contribution in [0.25, 0.3) is 39.3 Å². The quantitative estimate of drug-likeness (QED) is 0.236. The highest BCUT2D eigenvalue weighted by atomic mass is 15.2. The molecule has 0 saturated heterocycles. The first-order valence-electron chi connectivity index (χ1n) is 11.6. The van der Waals surface area contributed by atoms with E-state index in [0.717, 1.165) is 62.7 Å². The molecule has 3 N–H and O–H groups in total. The standard InChI is InChI=1S/C28H26N8/c1-5-8-22(20-9-7-12-29-14-20)25-18(4)33-28(34-25)26-23-13-21(16-31-27(23)36-35-26)19-10-11-24(30-15-19)32-17(3)6-2/h5,7-16H,1,3,6H2,2,4H3,(H,30,32)(H,33,34)(H,31,35,36)/b22-8-. The summed E-state index contributed by atoms with van der Waals surface area (Å²) in [7, 11) is 0. The molecular formula is C28H26N8. The van der Waals surface area contributed by atoms with Crippen LogP contribution < -0.4 is 5.32 Å². The second-order valence-corrected chi connectivity index (χ2v) is 8.32. The van der Waals surface area contributed by atoms with Crippen LogP contribution in [-0.2, 0) is 0 Å².